The van der Waals surface area contributed by atoms with Crippen LogP contribution < -0.4 is 21.6 Å². The van der Waals surface area contributed by atoms with Gasteiger partial charge in [0.05, 0.1) is 20.8 Å². The average Bonchev–Trinajstić information content (AvgIpc) is 3.67. The second kappa shape index (κ2) is 10.3. The van der Waals surface area contributed by atoms with E-state index in [1.807, 2.05) is 10.6 Å². The van der Waals surface area contributed by atoms with Crippen molar-refractivity contribution in [2.45, 2.75) is 54.9 Å². The fraction of sp³-hybridized carbons (Fsp3) is 0.483. The molecule has 3 fully saturated rings. The molecular weight excluding hydrogens is 600 g/mol. The Bertz CT molecular complexity index is 1790. The van der Waals surface area contributed by atoms with Crippen LogP contribution in [0.2, 0.25) is 5.02 Å². The number of aromatic nitrogens is 3. The smallest absolute Gasteiger partial charge is 0.350 e. The van der Waals surface area contributed by atoms with Gasteiger partial charge in [-0.2, -0.15) is 4.98 Å². The van der Waals surface area contributed by atoms with Crippen LogP contribution in [0.15, 0.2) is 27.9 Å². The Morgan fingerprint density at radius 1 is 1.14 bits per heavy atom. The van der Waals surface area contributed by atoms with Gasteiger partial charge in [-0.15, -0.1) is 11.8 Å². The van der Waals surface area contributed by atoms with Gasteiger partial charge in [0.1, 0.15) is 17.8 Å². The quantitative estimate of drug-likeness (QED) is 0.316. The molecule has 0 aliphatic carbocycles. The number of nitrogens with one attached hydrogen (secondary N) is 1. The first-order valence-corrected chi connectivity index (χ1v) is 16.7. The predicted molar refractivity (Wildman–Crippen MR) is 166 cm³/mol. The molecule has 6 heterocycles. The molecule has 4 aliphatic rings. The lowest BCUT2D eigenvalue weighted by Crippen LogP contribution is -2.52. The normalized spacial score (nSPS) is 25.7. The van der Waals surface area contributed by atoms with Crippen molar-refractivity contribution in [3.8, 4) is 11.1 Å². The number of fused-ring (bicyclic) bond motifs is 3. The highest BCUT2D eigenvalue weighted by Crippen LogP contribution is 2.50. The summed E-state index contributed by atoms with van der Waals surface area (Å²) in [6.45, 7) is 3.46. The van der Waals surface area contributed by atoms with Gasteiger partial charge in [-0.1, -0.05) is 22.9 Å². The SMILES string of the molecule is Nc1nc2c(-c3c(Cl)cc4c(N5CC6CCC(C5)N6)nc(=O)n5c4c3SC[C@@H]5CCN3CCC(F)C3)ccc(F)c2s1. The topological polar surface area (TPSA) is 92.3 Å². The zero-order valence-electron chi connectivity index (χ0n) is 22.8. The summed E-state index contributed by atoms with van der Waals surface area (Å²) in [7, 11) is 0. The molecule has 220 valence electrons. The van der Waals surface area contributed by atoms with Crippen LogP contribution in [0, 0.1) is 5.82 Å². The molecule has 3 N–H and O–H groups in total. The number of alkyl halides is 1. The Morgan fingerprint density at radius 3 is 2.71 bits per heavy atom. The number of halogens is 3. The van der Waals surface area contributed by atoms with Crippen molar-refractivity contribution in [3.05, 3.63) is 39.5 Å². The van der Waals surface area contributed by atoms with Crippen LogP contribution in [0.1, 0.15) is 31.7 Å². The van der Waals surface area contributed by atoms with Gasteiger partial charge < -0.3 is 20.9 Å². The molecule has 0 radical (unpaired) electrons. The van der Waals surface area contributed by atoms with E-state index in [0.29, 0.717) is 63.8 Å². The average molecular weight is 630 g/mol. The maximum atomic E-state index is 14.8. The largest absolute Gasteiger partial charge is 0.375 e. The minimum absolute atomic E-state index is 0.103. The number of hydrogen-bond acceptors (Lipinski definition) is 9. The summed E-state index contributed by atoms with van der Waals surface area (Å²) >= 11 is 9.88. The van der Waals surface area contributed by atoms with Gasteiger partial charge in [0.15, 0.2) is 5.13 Å². The van der Waals surface area contributed by atoms with E-state index in [9.17, 15) is 13.6 Å². The van der Waals surface area contributed by atoms with Gasteiger partial charge in [-0.25, -0.2) is 18.6 Å². The van der Waals surface area contributed by atoms with Crippen molar-refractivity contribution in [3.63, 3.8) is 0 Å². The molecule has 2 aromatic carbocycles. The fourth-order valence-corrected chi connectivity index (χ4v) is 9.76. The highest BCUT2D eigenvalue weighted by atomic mass is 35.5. The molecule has 8 nitrogen and oxygen atoms in total. The van der Waals surface area contributed by atoms with Crippen LogP contribution >= 0.6 is 34.7 Å². The van der Waals surface area contributed by atoms with Gasteiger partial charge in [-0.3, -0.25) is 4.57 Å². The molecule has 3 saturated heterocycles. The molecule has 8 rings (SSSR count). The van der Waals surface area contributed by atoms with Crippen molar-refractivity contribution in [1.82, 2.24) is 24.8 Å². The number of likely N-dealkylation sites (tertiary alicyclic amines) is 1. The summed E-state index contributed by atoms with van der Waals surface area (Å²) in [6, 6.07) is 5.68. The van der Waals surface area contributed by atoms with Gasteiger partial charge in [-0.05, 0) is 43.9 Å². The monoisotopic (exact) mass is 629 g/mol. The first-order chi connectivity index (χ1) is 20.3. The lowest BCUT2D eigenvalue weighted by molar-refractivity contribution is 0.272. The van der Waals surface area contributed by atoms with Crippen molar-refractivity contribution in [2.24, 2.45) is 0 Å². The Morgan fingerprint density at radius 2 is 1.95 bits per heavy atom. The van der Waals surface area contributed by atoms with Crippen molar-refractivity contribution in [1.29, 1.82) is 0 Å². The highest BCUT2D eigenvalue weighted by molar-refractivity contribution is 7.99. The number of rotatable bonds is 5. The number of anilines is 2. The van der Waals surface area contributed by atoms with Crippen molar-refractivity contribution in [2.75, 3.05) is 49.1 Å². The lowest BCUT2D eigenvalue weighted by atomic mass is 10.0. The third-order valence-corrected chi connectivity index (χ3v) is 11.6. The Hall–Kier alpha value is -2.51. The zero-order chi connectivity index (χ0) is 28.7. The first kappa shape index (κ1) is 27.1. The van der Waals surface area contributed by atoms with Crippen LogP contribution in [0.4, 0.5) is 19.7 Å². The van der Waals surface area contributed by atoms with E-state index < -0.39 is 6.17 Å². The Labute approximate surface area is 254 Å². The number of thioether (sulfide) groups is 1. The van der Waals surface area contributed by atoms with E-state index in [2.05, 4.69) is 20.1 Å². The molecule has 13 heteroatoms. The van der Waals surface area contributed by atoms with Crippen LogP contribution in [-0.2, 0) is 0 Å². The predicted octanol–water partition coefficient (Wildman–Crippen LogP) is 5.07. The summed E-state index contributed by atoms with van der Waals surface area (Å²) < 4.78 is 30.9. The molecule has 2 aromatic heterocycles. The number of benzene rings is 2. The van der Waals surface area contributed by atoms with Crippen LogP contribution in [0.25, 0.3) is 32.2 Å². The Balaban J connectivity index is 1.32. The number of thiazole rings is 1. The molecule has 4 aromatic rings. The zero-order valence-corrected chi connectivity index (χ0v) is 25.2. The molecule has 2 bridgehead atoms. The van der Waals surface area contributed by atoms with Crippen LogP contribution in [0.3, 0.4) is 0 Å². The third kappa shape index (κ3) is 4.40. The maximum Gasteiger partial charge on any atom is 0.350 e. The second-order valence-electron chi connectivity index (χ2n) is 11.9. The number of nitrogens with zero attached hydrogens (tertiary/aromatic N) is 5. The fourth-order valence-electron chi connectivity index (χ4n) is 7.25. The molecule has 4 atom stereocenters. The summed E-state index contributed by atoms with van der Waals surface area (Å²) in [5, 5.41) is 5.28. The minimum atomic E-state index is -0.784. The summed E-state index contributed by atoms with van der Waals surface area (Å²) in [4.78, 5) is 28.4. The van der Waals surface area contributed by atoms with Crippen LogP contribution in [0.5, 0.6) is 0 Å². The number of nitrogens with two attached hydrogens (primary N) is 1. The molecule has 3 unspecified atom stereocenters. The molecule has 0 saturated carbocycles. The molecule has 4 aliphatic heterocycles. The van der Waals surface area contributed by atoms with Crippen LogP contribution in [-0.4, -0.2) is 76.2 Å². The van der Waals surface area contributed by atoms with E-state index in [-0.39, 0.29) is 22.7 Å². The summed E-state index contributed by atoms with van der Waals surface area (Å²) in [5.74, 6) is 0.933. The van der Waals surface area contributed by atoms with E-state index >= 15 is 0 Å². The summed E-state index contributed by atoms with van der Waals surface area (Å²) in [6.07, 6.45) is 2.71. The van der Waals surface area contributed by atoms with Crippen molar-refractivity contribution >= 4 is 66.8 Å². The van der Waals surface area contributed by atoms with E-state index in [1.54, 1.807) is 17.8 Å². The molecule has 0 spiro atoms. The lowest BCUT2D eigenvalue weighted by Gasteiger charge is -2.36. The highest BCUT2D eigenvalue weighted by Gasteiger charge is 2.36. The van der Waals surface area contributed by atoms with Gasteiger partial charge in [0.25, 0.3) is 0 Å². The number of piperazine rings is 1. The first-order valence-electron chi connectivity index (χ1n) is 14.5. The van der Waals surface area contributed by atoms with E-state index in [4.69, 9.17) is 22.3 Å². The van der Waals surface area contributed by atoms with Gasteiger partial charge >= 0.3 is 5.69 Å². The number of nitrogen functional groups attached to an aromatic ring is 1. The minimum Gasteiger partial charge on any atom is -0.375 e. The standard InChI is InChI=1S/C29H30ClF2N7OS2/c30-20-9-19-24-26(22(20)18-3-4-21(32)25-23(18)35-28(33)42-25)41-13-17(6-8-37-7-5-14(31)10-37)39(24)29(40)36-27(19)38-11-15-1-2-16(12-38)34-15/h3-4,9,14-17,34H,1-2,5-8,10-13H2,(H2,33,35)/t14?,15?,16?,17-/m0/s1. The van der Waals surface area contributed by atoms with E-state index in [1.165, 1.54) is 6.07 Å². The third-order valence-electron chi connectivity index (χ3n) is 9.17. The van der Waals surface area contributed by atoms with Gasteiger partial charge in [0, 0.05) is 78.0 Å². The second-order valence-corrected chi connectivity index (χ2v) is 14.3. The molecule has 42 heavy (non-hydrogen) atoms. The Kier molecular flexibility index (Phi) is 6.63. The molecular formula is C29H30ClF2N7OS2. The maximum absolute atomic E-state index is 14.8. The van der Waals surface area contributed by atoms with E-state index in [0.717, 1.165) is 71.7 Å². The van der Waals surface area contributed by atoms with Gasteiger partial charge in [0.2, 0.25) is 0 Å². The van der Waals surface area contributed by atoms with Crippen molar-refractivity contribution < 1.29 is 8.78 Å². The molecule has 0 amide bonds. The summed E-state index contributed by atoms with van der Waals surface area (Å²) in [5.41, 5.74) is 8.43. The number of hydrogen-bond donors (Lipinski definition) is 2.